The highest BCUT2D eigenvalue weighted by Crippen LogP contribution is 2.55. The fourth-order valence-corrected chi connectivity index (χ4v) is 5.46. The molecule has 0 bridgehead atoms. The molecule has 1 N–H and O–H groups in total. The van der Waals surface area contributed by atoms with Crippen LogP contribution >= 0.6 is 11.6 Å². The molecule has 3 fully saturated rings. The van der Waals surface area contributed by atoms with Gasteiger partial charge in [0.05, 0.1) is 5.69 Å². The first-order valence-electron chi connectivity index (χ1n) is 11.1. The topological polar surface area (TPSA) is 79.7 Å². The minimum absolute atomic E-state index is 0.00260. The van der Waals surface area contributed by atoms with Crippen LogP contribution < -0.4 is 0 Å². The van der Waals surface area contributed by atoms with E-state index in [-0.39, 0.29) is 17.2 Å². The Morgan fingerprint density at radius 3 is 2.87 bits per heavy atom. The summed E-state index contributed by atoms with van der Waals surface area (Å²) >= 11 is 6.11. The van der Waals surface area contributed by atoms with Crippen molar-refractivity contribution in [2.75, 3.05) is 13.1 Å². The maximum Gasteiger partial charge on any atom is 0.271 e. The number of nitrogens with one attached hydrogen (secondary N) is 1. The van der Waals surface area contributed by atoms with Crippen molar-refractivity contribution in [3.8, 4) is 11.3 Å². The molecule has 2 aromatic heterocycles. The van der Waals surface area contributed by atoms with Crippen molar-refractivity contribution >= 4 is 17.5 Å². The number of halogens is 1. The Morgan fingerprint density at radius 2 is 2.13 bits per heavy atom. The van der Waals surface area contributed by atoms with Crippen LogP contribution in [0.1, 0.15) is 54.3 Å². The molecule has 6 rings (SSSR count). The van der Waals surface area contributed by atoms with Gasteiger partial charge in [0.15, 0.2) is 0 Å². The predicted molar refractivity (Wildman–Crippen MR) is 117 cm³/mol. The van der Waals surface area contributed by atoms with Gasteiger partial charge < -0.3 is 9.47 Å². The molecule has 1 saturated heterocycles. The van der Waals surface area contributed by atoms with Crippen molar-refractivity contribution in [1.82, 2.24) is 29.9 Å². The minimum Gasteiger partial charge on any atom is -0.336 e. The molecule has 31 heavy (non-hydrogen) atoms. The van der Waals surface area contributed by atoms with Crippen LogP contribution in [-0.4, -0.2) is 48.9 Å². The van der Waals surface area contributed by atoms with E-state index in [1.54, 1.807) is 0 Å². The molecular formula is C23H25ClN6O. The minimum atomic E-state index is 0.00260. The average Bonchev–Trinajstić information content (AvgIpc) is 3.14. The molecule has 1 unspecified atom stereocenters. The summed E-state index contributed by atoms with van der Waals surface area (Å²) in [5.74, 6) is 2.08. The van der Waals surface area contributed by atoms with Crippen LogP contribution in [0.15, 0.2) is 36.7 Å². The Labute approximate surface area is 185 Å². The molecule has 3 aromatic rings. The standard InChI is InChI=1S/C23H25ClN6O/c24-17-4-1-3-16(9-17)19-10-20(27-26-19)22(31)29-12-18(23(13-29)7-2-8-23)21-28-25-14-30(21)11-15-5-6-15/h1,3-4,9-10,14-15,18H,2,5-8,11-13H2,(H,26,27). The fraction of sp³-hybridized carbons (Fsp3) is 0.478. The third-order valence-electron chi connectivity index (χ3n) is 7.32. The molecule has 3 heterocycles. The summed E-state index contributed by atoms with van der Waals surface area (Å²) in [5.41, 5.74) is 2.28. The predicted octanol–water partition coefficient (Wildman–Crippen LogP) is 4.14. The summed E-state index contributed by atoms with van der Waals surface area (Å²) in [6.07, 6.45) is 7.98. The number of carbonyl (C=O) groups excluding carboxylic acids is 1. The second-order valence-electron chi connectivity index (χ2n) is 9.42. The van der Waals surface area contributed by atoms with E-state index in [9.17, 15) is 4.79 Å². The number of aromatic amines is 1. The van der Waals surface area contributed by atoms with Crippen LogP contribution in [0.3, 0.4) is 0 Å². The van der Waals surface area contributed by atoms with Crippen molar-refractivity contribution in [2.45, 2.75) is 44.6 Å². The second-order valence-corrected chi connectivity index (χ2v) is 9.85. The summed E-state index contributed by atoms with van der Waals surface area (Å²) in [6.45, 7) is 2.47. The van der Waals surface area contributed by atoms with Gasteiger partial charge in [-0.05, 0) is 55.2 Å². The lowest BCUT2D eigenvalue weighted by molar-refractivity contribution is 0.0717. The van der Waals surface area contributed by atoms with Crippen LogP contribution in [0, 0.1) is 11.3 Å². The van der Waals surface area contributed by atoms with Gasteiger partial charge in [0.2, 0.25) is 0 Å². The first-order chi connectivity index (χ1) is 15.1. The van der Waals surface area contributed by atoms with Crippen LogP contribution in [0.4, 0.5) is 0 Å². The third-order valence-corrected chi connectivity index (χ3v) is 7.56. The highest BCUT2D eigenvalue weighted by Gasteiger charge is 2.54. The Balaban J connectivity index is 1.24. The molecule has 2 saturated carbocycles. The van der Waals surface area contributed by atoms with Gasteiger partial charge in [-0.15, -0.1) is 10.2 Å². The third kappa shape index (κ3) is 3.35. The fourth-order valence-electron chi connectivity index (χ4n) is 5.27. The molecule has 2 aliphatic carbocycles. The summed E-state index contributed by atoms with van der Waals surface area (Å²) in [7, 11) is 0. The number of likely N-dealkylation sites (tertiary alicyclic amines) is 1. The van der Waals surface area contributed by atoms with E-state index in [0.717, 1.165) is 48.9 Å². The number of hydrogen-bond acceptors (Lipinski definition) is 4. The Bertz CT molecular complexity index is 1130. The molecule has 1 atom stereocenters. The zero-order valence-electron chi connectivity index (χ0n) is 17.3. The monoisotopic (exact) mass is 436 g/mol. The van der Waals surface area contributed by atoms with E-state index in [4.69, 9.17) is 11.6 Å². The quantitative estimate of drug-likeness (QED) is 0.651. The van der Waals surface area contributed by atoms with E-state index >= 15 is 0 Å². The molecular weight excluding hydrogens is 412 g/mol. The molecule has 8 heteroatoms. The Morgan fingerprint density at radius 1 is 1.26 bits per heavy atom. The molecule has 0 radical (unpaired) electrons. The zero-order chi connectivity index (χ0) is 21.0. The lowest BCUT2D eigenvalue weighted by atomic mass is 9.62. The first kappa shape index (κ1) is 19.0. The van der Waals surface area contributed by atoms with Gasteiger partial charge in [-0.2, -0.15) is 5.10 Å². The maximum absolute atomic E-state index is 13.4. The summed E-state index contributed by atoms with van der Waals surface area (Å²) in [4.78, 5) is 15.3. The average molecular weight is 437 g/mol. The number of H-pyrrole nitrogens is 1. The SMILES string of the molecule is O=C(c1cc(-c2cccc(Cl)c2)n[nH]1)N1CC(c2nncn2CC2CC2)C2(CCC2)C1. The van der Waals surface area contributed by atoms with Crippen LogP contribution in [0.5, 0.6) is 0 Å². The van der Waals surface area contributed by atoms with Gasteiger partial charge >= 0.3 is 0 Å². The van der Waals surface area contributed by atoms with Gasteiger partial charge in [0.1, 0.15) is 17.8 Å². The Kier molecular flexibility index (Phi) is 4.42. The second kappa shape index (κ2) is 7.19. The largest absolute Gasteiger partial charge is 0.336 e. The van der Waals surface area contributed by atoms with Crippen LogP contribution in [0.25, 0.3) is 11.3 Å². The van der Waals surface area contributed by atoms with Gasteiger partial charge in [-0.3, -0.25) is 9.89 Å². The highest BCUT2D eigenvalue weighted by molar-refractivity contribution is 6.30. The molecule has 1 amide bonds. The van der Waals surface area contributed by atoms with Crippen LogP contribution in [-0.2, 0) is 6.54 Å². The number of amides is 1. The van der Waals surface area contributed by atoms with Gasteiger partial charge in [-0.1, -0.05) is 30.2 Å². The van der Waals surface area contributed by atoms with Crippen molar-refractivity contribution < 1.29 is 4.79 Å². The Hall–Kier alpha value is -2.67. The van der Waals surface area contributed by atoms with Crippen molar-refractivity contribution in [2.24, 2.45) is 11.3 Å². The molecule has 1 spiro atoms. The molecule has 1 aliphatic heterocycles. The van der Waals surface area contributed by atoms with Crippen LogP contribution in [0.2, 0.25) is 5.02 Å². The van der Waals surface area contributed by atoms with E-state index in [1.165, 1.54) is 19.3 Å². The molecule has 1 aromatic carbocycles. The smallest absolute Gasteiger partial charge is 0.271 e. The first-order valence-corrected chi connectivity index (χ1v) is 11.5. The maximum atomic E-state index is 13.4. The van der Waals surface area contributed by atoms with Crippen molar-refractivity contribution in [1.29, 1.82) is 0 Å². The van der Waals surface area contributed by atoms with Gasteiger partial charge in [0, 0.05) is 36.1 Å². The number of carbonyl (C=O) groups is 1. The van der Waals surface area contributed by atoms with Crippen molar-refractivity contribution in [3.63, 3.8) is 0 Å². The number of nitrogens with zero attached hydrogens (tertiary/aromatic N) is 5. The number of aromatic nitrogens is 5. The molecule has 7 nitrogen and oxygen atoms in total. The normalized spacial score (nSPS) is 22.1. The van der Waals surface area contributed by atoms with E-state index in [0.29, 0.717) is 17.3 Å². The van der Waals surface area contributed by atoms with Crippen molar-refractivity contribution in [3.05, 3.63) is 53.2 Å². The lowest BCUT2D eigenvalue weighted by Crippen LogP contribution is -2.38. The van der Waals surface area contributed by atoms with E-state index in [1.807, 2.05) is 41.6 Å². The lowest BCUT2D eigenvalue weighted by Gasteiger charge is -2.42. The highest BCUT2D eigenvalue weighted by atomic mass is 35.5. The van der Waals surface area contributed by atoms with E-state index < -0.39 is 0 Å². The zero-order valence-corrected chi connectivity index (χ0v) is 18.1. The van der Waals surface area contributed by atoms with Gasteiger partial charge in [-0.25, -0.2) is 0 Å². The number of hydrogen-bond donors (Lipinski definition) is 1. The summed E-state index contributed by atoms with van der Waals surface area (Å²) in [5, 5.41) is 16.7. The van der Waals surface area contributed by atoms with E-state index in [2.05, 4.69) is 25.0 Å². The number of benzene rings is 1. The van der Waals surface area contributed by atoms with Gasteiger partial charge in [0.25, 0.3) is 5.91 Å². The summed E-state index contributed by atoms with van der Waals surface area (Å²) < 4.78 is 2.24. The molecule has 160 valence electrons. The number of rotatable bonds is 5. The molecule has 3 aliphatic rings. The summed E-state index contributed by atoms with van der Waals surface area (Å²) in [6, 6.07) is 9.34.